The SMILES string of the molecule is O=C(O)c1cccc(OC(=O)c2ccc3oc4oc5ccc(C(=O)Oc6cccc(C(=O)O)c6)cc5c4c3c2)c1. The van der Waals surface area contributed by atoms with E-state index in [4.69, 9.17) is 18.3 Å². The lowest BCUT2D eigenvalue weighted by molar-refractivity contribution is 0.0683. The third-order valence-electron chi connectivity index (χ3n) is 6.16. The predicted octanol–water partition coefficient (Wildman–Crippen LogP) is 6.17. The zero-order chi connectivity index (χ0) is 28.0. The smallest absolute Gasteiger partial charge is 0.343 e. The van der Waals surface area contributed by atoms with Crippen LogP contribution in [0.15, 0.2) is 93.8 Å². The maximum absolute atomic E-state index is 12.9. The van der Waals surface area contributed by atoms with E-state index in [0.717, 1.165) is 0 Å². The number of fused-ring (bicyclic) bond motifs is 5. The van der Waals surface area contributed by atoms with E-state index in [-0.39, 0.29) is 39.5 Å². The van der Waals surface area contributed by atoms with Crippen LogP contribution >= 0.6 is 0 Å². The summed E-state index contributed by atoms with van der Waals surface area (Å²) >= 11 is 0. The van der Waals surface area contributed by atoms with Crippen LogP contribution in [0.1, 0.15) is 41.4 Å². The maximum Gasteiger partial charge on any atom is 0.343 e. The Bertz CT molecular complexity index is 1870. The van der Waals surface area contributed by atoms with Gasteiger partial charge in [-0.05, 0) is 72.8 Å². The molecule has 0 atom stereocenters. The van der Waals surface area contributed by atoms with E-state index in [1.54, 1.807) is 24.3 Å². The lowest BCUT2D eigenvalue weighted by Gasteiger charge is -2.06. The third-order valence-corrected chi connectivity index (χ3v) is 6.16. The zero-order valence-corrected chi connectivity index (χ0v) is 20.2. The quantitative estimate of drug-likeness (QED) is 0.187. The zero-order valence-electron chi connectivity index (χ0n) is 20.2. The molecule has 0 amide bonds. The number of benzene rings is 4. The number of hydrogen-bond acceptors (Lipinski definition) is 8. The van der Waals surface area contributed by atoms with Crippen LogP contribution in [0.3, 0.4) is 0 Å². The van der Waals surface area contributed by atoms with Gasteiger partial charge in [-0.15, -0.1) is 0 Å². The topological polar surface area (TPSA) is 153 Å². The Labute approximate surface area is 223 Å². The fourth-order valence-corrected chi connectivity index (χ4v) is 4.29. The van der Waals surface area contributed by atoms with Crippen molar-refractivity contribution in [3.8, 4) is 11.5 Å². The first-order valence-electron chi connectivity index (χ1n) is 11.8. The van der Waals surface area contributed by atoms with Gasteiger partial charge in [-0.1, -0.05) is 12.1 Å². The molecule has 0 radical (unpaired) electrons. The minimum atomic E-state index is -1.15. The fourth-order valence-electron chi connectivity index (χ4n) is 4.29. The predicted molar refractivity (Wildman–Crippen MR) is 140 cm³/mol. The van der Waals surface area contributed by atoms with Crippen molar-refractivity contribution >= 4 is 57.0 Å². The molecule has 0 bridgehead atoms. The van der Waals surface area contributed by atoms with Crippen LogP contribution in [0.4, 0.5) is 0 Å². The van der Waals surface area contributed by atoms with Gasteiger partial charge in [-0.2, -0.15) is 0 Å². The Hall–Kier alpha value is -5.90. The van der Waals surface area contributed by atoms with Gasteiger partial charge >= 0.3 is 23.9 Å². The standard InChI is InChI=1S/C30H16O10/c31-26(32)15-3-1-5-19(11-15)37-28(35)17-7-9-23-21(13-17)25-22-14-18(8-10-24(22)40-30(25)39-23)29(36)38-20-6-2-4-16(12-20)27(33)34/h1-14H,(H,31,32)(H,33,34). The van der Waals surface area contributed by atoms with Crippen LogP contribution in [0.5, 0.6) is 11.5 Å². The monoisotopic (exact) mass is 536 g/mol. The number of carboxylic acid groups (broad SMARTS) is 2. The highest BCUT2D eigenvalue weighted by Gasteiger charge is 2.20. The van der Waals surface area contributed by atoms with Crippen molar-refractivity contribution in [3.05, 3.63) is 107 Å². The van der Waals surface area contributed by atoms with Crippen molar-refractivity contribution in [1.29, 1.82) is 0 Å². The van der Waals surface area contributed by atoms with Gasteiger partial charge in [0.1, 0.15) is 22.7 Å². The van der Waals surface area contributed by atoms with Gasteiger partial charge in [0.15, 0.2) is 0 Å². The molecule has 0 saturated heterocycles. The van der Waals surface area contributed by atoms with Gasteiger partial charge in [0, 0.05) is 10.8 Å². The molecule has 0 spiro atoms. The lowest BCUT2D eigenvalue weighted by Crippen LogP contribution is -2.09. The average molecular weight is 536 g/mol. The van der Waals surface area contributed by atoms with E-state index in [9.17, 15) is 29.4 Å². The number of rotatable bonds is 6. The van der Waals surface area contributed by atoms with Gasteiger partial charge < -0.3 is 28.5 Å². The Morgan fingerprint density at radius 2 is 1.00 bits per heavy atom. The molecule has 10 nitrogen and oxygen atoms in total. The molecule has 0 saturated carbocycles. The number of esters is 2. The molecule has 0 aliphatic carbocycles. The average Bonchev–Trinajstić information content (AvgIpc) is 3.48. The van der Waals surface area contributed by atoms with Crippen molar-refractivity contribution in [2.45, 2.75) is 0 Å². The molecule has 2 aromatic heterocycles. The molecular formula is C30H16O10. The summed E-state index contributed by atoms with van der Waals surface area (Å²) in [6, 6.07) is 20.4. The second kappa shape index (κ2) is 9.44. The van der Waals surface area contributed by atoms with Crippen molar-refractivity contribution in [1.82, 2.24) is 0 Å². The molecule has 2 N–H and O–H groups in total. The number of carbonyl (C=O) groups excluding carboxylic acids is 2. The van der Waals surface area contributed by atoms with E-state index >= 15 is 0 Å². The molecule has 0 aliphatic rings. The van der Waals surface area contributed by atoms with Gasteiger partial charge in [-0.25, -0.2) is 19.2 Å². The number of carboxylic acids is 2. The van der Waals surface area contributed by atoms with Gasteiger partial charge in [0.25, 0.3) is 5.78 Å². The molecular weight excluding hydrogens is 520 g/mol. The first-order valence-corrected chi connectivity index (χ1v) is 11.8. The van der Waals surface area contributed by atoms with E-state index < -0.39 is 23.9 Å². The third kappa shape index (κ3) is 4.39. The summed E-state index contributed by atoms with van der Waals surface area (Å²) in [5, 5.41) is 19.9. The molecule has 4 aromatic carbocycles. The maximum atomic E-state index is 12.9. The van der Waals surface area contributed by atoms with Gasteiger partial charge in [0.05, 0.1) is 27.6 Å². The summed E-state index contributed by atoms with van der Waals surface area (Å²) in [4.78, 5) is 48.2. The van der Waals surface area contributed by atoms with Crippen LogP contribution in [-0.4, -0.2) is 34.1 Å². The Morgan fingerprint density at radius 1 is 0.550 bits per heavy atom. The van der Waals surface area contributed by atoms with Crippen LogP contribution in [0.2, 0.25) is 0 Å². The summed E-state index contributed by atoms with van der Waals surface area (Å²) in [6.07, 6.45) is 0. The Kier molecular flexibility index (Phi) is 5.77. The van der Waals surface area contributed by atoms with Crippen LogP contribution in [0.25, 0.3) is 33.1 Å². The Morgan fingerprint density at radius 3 is 1.43 bits per heavy atom. The molecule has 10 heteroatoms. The summed E-state index contributed by atoms with van der Waals surface area (Å²) in [7, 11) is 0. The lowest BCUT2D eigenvalue weighted by atomic mass is 10.1. The summed E-state index contributed by atoms with van der Waals surface area (Å²) in [6.45, 7) is 0. The van der Waals surface area contributed by atoms with Crippen molar-refractivity contribution in [3.63, 3.8) is 0 Å². The van der Waals surface area contributed by atoms with E-state index in [1.165, 1.54) is 60.7 Å². The van der Waals surface area contributed by atoms with E-state index in [0.29, 0.717) is 27.3 Å². The largest absolute Gasteiger partial charge is 0.478 e. The highest BCUT2D eigenvalue weighted by Crippen LogP contribution is 2.38. The van der Waals surface area contributed by atoms with Crippen molar-refractivity contribution < 1.29 is 47.7 Å². The summed E-state index contributed by atoms with van der Waals surface area (Å²) in [5.74, 6) is -3.38. The van der Waals surface area contributed by atoms with Crippen LogP contribution in [-0.2, 0) is 0 Å². The van der Waals surface area contributed by atoms with Gasteiger partial charge in [0.2, 0.25) is 0 Å². The van der Waals surface area contributed by atoms with Crippen molar-refractivity contribution in [2.24, 2.45) is 0 Å². The molecule has 6 rings (SSSR count). The number of carbonyl (C=O) groups is 4. The highest BCUT2D eigenvalue weighted by atomic mass is 16.5. The molecule has 196 valence electrons. The molecule has 0 unspecified atom stereocenters. The van der Waals surface area contributed by atoms with E-state index in [1.807, 2.05) is 0 Å². The molecule has 6 aromatic rings. The molecule has 40 heavy (non-hydrogen) atoms. The number of furan rings is 2. The number of ether oxygens (including phenoxy) is 2. The number of aromatic carboxylic acids is 2. The van der Waals surface area contributed by atoms with Crippen LogP contribution < -0.4 is 9.47 Å². The molecule has 2 heterocycles. The second-order valence-electron chi connectivity index (χ2n) is 8.73. The second-order valence-corrected chi connectivity index (χ2v) is 8.73. The first-order chi connectivity index (χ1) is 19.3. The fraction of sp³-hybridized carbons (Fsp3) is 0. The van der Waals surface area contributed by atoms with Gasteiger partial charge in [-0.3, -0.25) is 0 Å². The minimum absolute atomic E-state index is 0.0221. The minimum Gasteiger partial charge on any atom is -0.478 e. The van der Waals surface area contributed by atoms with E-state index in [2.05, 4.69) is 0 Å². The molecule has 0 aliphatic heterocycles. The Balaban J connectivity index is 1.34. The first kappa shape index (κ1) is 24.4. The highest BCUT2D eigenvalue weighted by molar-refractivity contribution is 6.19. The normalized spacial score (nSPS) is 11.1. The summed E-state index contributed by atoms with van der Waals surface area (Å²) < 4.78 is 22.4. The van der Waals surface area contributed by atoms with Crippen LogP contribution in [0, 0.1) is 0 Å². The van der Waals surface area contributed by atoms with Crippen molar-refractivity contribution in [2.75, 3.05) is 0 Å². The molecule has 0 fully saturated rings. The summed E-state index contributed by atoms with van der Waals surface area (Å²) in [5.41, 5.74) is 1.17. The number of hydrogen-bond donors (Lipinski definition) is 2.